The maximum absolute atomic E-state index is 12.7. The van der Waals surface area contributed by atoms with Gasteiger partial charge in [-0.25, -0.2) is 8.42 Å². The lowest BCUT2D eigenvalue weighted by Gasteiger charge is -2.17. The van der Waals surface area contributed by atoms with Gasteiger partial charge in [-0.1, -0.05) is 48.5 Å². The molecule has 20 heavy (non-hydrogen) atoms. The van der Waals surface area contributed by atoms with Gasteiger partial charge < -0.3 is 0 Å². The fourth-order valence-electron chi connectivity index (χ4n) is 2.37. The summed E-state index contributed by atoms with van der Waals surface area (Å²) in [6.45, 7) is 0.219. The van der Waals surface area contributed by atoms with Crippen molar-refractivity contribution in [3.05, 3.63) is 66.2 Å². The second-order valence-corrected chi connectivity index (χ2v) is 6.86. The highest BCUT2D eigenvalue weighted by molar-refractivity contribution is 7.92. The summed E-state index contributed by atoms with van der Waals surface area (Å²) in [5.41, 5.74) is 0.887. The first-order valence-electron chi connectivity index (χ1n) is 6.40. The number of rotatable bonds is 3. The molecule has 2 aromatic carbocycles. The van der Waals surface area contributed by atoms with Crippen LogP contribution in [-0.4, -0.2) is 20.2 Å². The van der Waals surface area contributed by atoms with Crippen LogP contribution in [0, 0.1) is 0 Å². The van der Waals surface area contributed by atoms with E-state index in [1.54, 1.807) is 30.3 Å². The van der Waals surface area contributed by atoms with Crippen LogP contribution in [0.5, 0.6) is 0 Å². The van der Waals surface area contributed by atoms with E-state index in [0.717, 1.165) is 5.56 Å². The Hall–Kier alpha value is -2.01. The zero-order chi connectivity index (χ0) is 14.0. The maximum atomic E-state index is 12.7. The molecule has 0 bridgehead atoms. The van der Waals surface area contributed by atoms with Gasteiger partial charge in [-0.15, -0.1) is 0 Å². The quantitative estimate of drug-likeness (QED) is 0.870. The lowest BCUT2D eigenvalue weighted by molar-refractivity contribution is 0.571. The zero-order valence-electron chi connectivity index (χ0n) is 10.8. The molecule has 3 rings (SSSR count). The molecule has 0 amide bonds. The topological polar surface area (TPSA) is 58.9 Å². The van der Waals surface area contributed by atoms with Crippen LogP contribution in [0.2, 0.25) is 0 Å². The highest BCUT2D eigenvalue weighted by Gasteiger charge is 2.38. The fraction of sp³-hybridized carbons (Fsp3) is 0.200. The van der Waals surface area contributed by atoms with Crippen molar-refractivity contribution >= 4 is 9.84 Å². The molecule has 102 valence electrons. The summed E-state index contributed by atoms with van der Waals surface area (Å²) in [6.07, 6.45) is 0. The minimum atomic E-state index is -3.42. The third-order valence-corrected chi connectivity index (χ3v) is 5.56. The highest BCUT2D eigenvalue weighted by Crippen LogP contribution is 2.34. The molecule has 1 heterocycles. The van der Waals surface area contributed by atoms with E-state index < -0.39 is 21.1 Å². The van der Waals surface area contributed by atoms with Gasteiger partial charge in [0.25, 0.3) is 0 Å². The Morgan fingerprint density at radius 1 is 0.900 bits per heavy atom. The highest BCUT2D eigenvalue weighted by atomic mass is 32.2. The van der Waals surface area contributed by atoms with Crippen molar-refractivity contribution in [1.29, 1.82) is 0 Å². The number of sulfone groups is 1. The Balaban J connectivity index is 1.98. The molecular formula is C15H14N2O2S. The van der Waals surface area contributed by atoms with Crippen molar-refractivity contribution in [2.45, 2.75) is 16.2 Å². The molecular weight excluding hydrogens is 272 g/mol. The molecule has 4 nitrogen and oxygen atoms in total. The molecule has 1 aliphatic rings. The van der Waals surface area contributed by atoms with Crippen LogP contribution in [0.1, 0.15) is 11.6 Å². The number of nitrogens with zero attached hydrogens (tertiary/aromatic N) is 2. The molecule has 0 spiro atoms. The molecule has 0 saturated carbocycles. The van der Waals surface area contributed by atoms with E-state index in [1.165, 1.54) is 0 Å². The lowest BCUT2D eigenvalue weighted by Crippen LogP contribution is -2.27. The van der Waals surface area contributed by atoms with Gasteiger partial charge in [-0.3, -0.25) is 0 Å². The SMILES string of the molecule is O=S(=O)(c1ccccc1)[C@@H]1CN=N[C@@H]1c1ccccc1. The van der Waals surface area contributed by atoms with Gasteiger partial charge in [0.2, 0.25) is 0 Å². The molecule has 0 N–H and O–H groups in total. The molecule has 2 aromatic rings. The van der Waals surface area contributed by atoms with Crippen molar-refractivity contribution < 1.29 is 8.42 Å². The minimum Gasteiger partial charge on any atom is -0.223 e. The number of hydrogen-bond acceptors (Lipinski definition) is 4. The van der Waals surface area contributed by atoms with Crippen LogP contribution in [0.15, 0.2) is 75.8 Å². The van der Waals surface area contributed by atoms with E-state index in [-0.39, 0.29) is 6.54 Å². The predicted octanol–water partition coefficient (Wildman–Crippen LogP) is 3.04. The second kappa shape index (κ2) is 5.17. The maximum Gasteiger partial charge on any atom is 0.185 e. The predicted molar refractivity (Wildman–Crippen MR) is 76.3 cm³/mol. The van der Waals surface area contributed by atoms with Gasteiger partial charge in [-0.05, 0) is 17.7 Å². The van der Waals surface area contributed by atoms with E-state index in [1.807, 2.05) is 30.3 Å². The molecule has 5 heteroatoms. The van der Waals surface area contributed by atoms with Gasteiger partial charge in [0, 0.05) is 0 Å². The molecule has 0 radical (unpaired) electrons. The van der Waals surface area contributed by atoms with Gasteiger partial charge in [0.15, 0.2) is 9.84 Å². The van der Waals surface area contributed by atoms with Gasteiger partial charge in [0.1, 0.15) is 11.3 Å². The van der Waals surface area contributed by atoms with E-state index in [2.05, 4.69) is 10.2 Å². The number of hydrogen-bond donors (Lipinski definition) is 0. The largest absolute Gasteiger partial charge is 0.223 e. The molecule has 0 aliphatic carbocycles. The molecule has 0 unspecified atom stereocenters. The monoisotopic (exact) mass is 286 g/mol. The summed E-state index contributed by atoms with van der Waals surface area (Å²) in [5, 5.41) is 7.47. The molecule has 0 saturated heterocycles. The zero-order valence-corrected chi connectivity index (χ0v) is 11.6. The normalized spacial score (nSPS) is 22.0. The molecule has 0 fully saturated rings. The Labute approximate surface area is 118 Å². The fourth-order valence-corrected chi connectivity index (χ4v) is 4.07. The van der Waals surface area contributed by atoms with Crippen molar-refractivity contribution in [1.82, 2.24) is 0 Å². The van der Waals surface area contributed by atoms with Crippen LogP contribution in [0.3, 0.4) is 0 Å². The van der Waals surface area contributed by atoms with E-state index in [4.69, 9.17) is 0 Å². The van der Waals surface area contributed by atoms with Gasteiger partial charge in [-0.2, -0.15) is 10.2 Å². The average molecular weight is 286 g/mol. The Morgan fingerprint density at radius 3 is 2.15 bits per heavy atom. The summed E-state index contributed by atoms with van der Waals surface area (Å²) in [6, 6.07) is 17.5. The number of benzene rings is 2. The van der Waals surface area contributed by atoms with Crippen LogP contribution in [0.4, 0.5) is 0 Å². The third kappa shape index (κ3) is 2.25. The van der Waals surface area contributed by atoms with E-state index >= 15 is 0 Å². The van der Waals surface area contributed by atoms with Crippen molar-refractivity contribution in [2.75, 3.05) is 6.54 Å². The second-order valence-electron chi connectivity index (χ2n) is 4.69. The summed E-state index contributed by atoms with van der Waals surface area (Å²) >= 11 is 0. The molecule has 2 atom stereocenters. The minimum absolute atomic E-state index is 0.219. The summed E-state index contributed by atoms with van der Waals surface area (Å²) in [7, 11) is -3.42. The van der Waals surface area contributed by atoms with Crippen LogP contribution in [-0.2, 0) is 9.84 Å². The average Bonchev–Trinajstić information content (AvgIpc) is 2.99. The van der Waals surface area contributed by atoms with Crippen molar-refractivity contribution in [2.24, 2.45) is 10.2 Å². The Morgan fingerprint density at radius 2 is 1.50 bits per heavy atom. The summed E-state index contributed by atoms with van der Waals surface area (Å²) < 4.78 is 25.4. The number of azo groups is 1. The summed E-state index contributed by atoms with van der Waals surface area (Å²) in [5.74, 6) is 0. The first kappa shape index (κ1) is 13.0. The summed E-state index contributed by atoms with van der Waals surface area (Å²) in [4.78, 5) is 0.332. The first-order chi connectivity index (χ1) is 9.69. The smallest absolute Gasteiger partial charge is 0.185 e. The van der Waals surface area contributed by atoms with Crippen LogP contribution in [0.25, 0.3) is 0 Å². The third-order valence-electron chi connectivity index (χ3n) is 3.43. The van der Waals surface area contributed by atoms with E-state index in [0.29, 0.717) is 4.90 Å². The van der Waals surface area contributed by atoms with Gasteiger partial charge in [0.05, 0.1) is 11.4 Å². The van der Waals surface area contributed by atoms with Crippen LogP contribution < -0.4 is 0 Å². The van der Waals surface area contributed by atoms with E-state index in [9.17, 15) is 8.42 Å². The Kier molecular flexibility index (Phi) is 3.36. The first-order valence-corrected chi connectivity index (χ1v) is 7.95. The van der Waals surface area contributed by atoms with Crippen molar-refractivity contribution in [3.63, 3.8) is 0 Å². The van der Waals surface area contributed by atoms with Crippen molar-refractivity contribution in [3.8, 4) is 0 Å². The molecule has 0 aromatic heterocycles. The van der Waals surface area contributed by atoms with Crippen LogP contribution >= 0.6 is 0 Å². The Bertz CT molecular complexity index is 712. The molecule has 1 aliphatic heterocycles. The van der Waals surface area contributed by atoms with Gasteiger partial charge >= 0.3 is 0 Å². The standard InChI is InChI=1S/C15H14N2O2S/c18-20(19,13-9-5-2-6-10-13)14-11-16-17-15(14)12-7-3-1-4-8-12/h1-10,14-15H,11H2/t14-,15-/m1/s1. The lowest BCUT2D eigenvalue weighted by atomic mass is 10.1.